The Labute approximate surface area is 145 Å². The highest BCUT2D eigenvalue weighted by atomic mass is 16.5. The van der Waals surface area contributed by atoms with Crippen LogP contribution >= 0.6 is 0 Å². The molecule has 0 aliphatic heterocycles. The maximum absolute atomic E-state index is 10.1. The molecule has 0 amide bonds. The third-order valence-corrected chi connectivity index (χ3v) is 3.88. The number of nitrogens with one attached hydrogen (secondary N) is 1. The van der Waals surface area contributed by atoms with Gasteiger partial charge in [-0.2, -0.15) is 0 Å². The summed E-state index contributed by atoms with van der Waals surface area (Å²) < 4.78 is 5.76. The van der Waals surface area contributed by atoms with E-state index in [4.69, 9.17) is 4.74 Å². The lowest BCUT2D eigenvalue weighted by Gasteiger charge is -2.05. The molecule has 3 aromatic carbocycles. The van der Waals surface area contributed by atoms with Gasteiger partial charge in [0.2, 0.25) is 0 Å². The molecule has 0 saturated heterocycles. The van der Waals surface area contributed by atoms with E-state index in [1.165, 1.54) is 0 Å². The molecule has 2 N–H and O–H groups in total. The Bertz CT molecular complexity index is 1020. The first-order chi connectivity index (χ1) is 12.3. The number of aromatic hydroxyl groups is 1. The van der Waals surface area contributed by atoms with Crippen LogP contribution in [-0.2, 0) is 0 Å². The fourth-order valence-electron chi connectivity index (χ4n) is 2.64. The first-order valence-electron chi connectivity index (χ1n) is 7.96. The Morgan fingerprint density at radius 2 is 1.48 bits per heavy atom. The van der Waals surface area contributed by atoms with Gasteiger partial charge in [-0.05, 0) is 42.5 Å². The second kappa shape index (κ2) is 6.53. The Kier molecular flexibility index (Phi) is 3.92. The number of ether oxygens (including phenoxy) is 1. The number of para-hydroxylation sites is 2. The van der Waals surface area contributed by atoms with Crippen molar-refractivity contribution < 1.29 is 9.84 Å². The van der Waals surface area contributed by atoms with E-state index < -0.39 is 0 Å². The van der Waals surface area contributed by atoms with Gasteiger partial charge in [0, 0.05) is 17.1 Å². The summed E-state index contributed by atoms with van der Waals surface area (Å²) >= 11 is 0. The largest absolute Gasteiger partial charge is 0.494 e. The molecule has 0 radical (unpaired) electrons. The van der Waals surface area contributed by atoms with Gasteiger partial charge in [-0.3, -0.25) is 4.99 Å². The van der Waals surface area contributed by atoms with Gasteiger partial charge in [0.05, 0.1) is 11.3 Å². The molecule has 1 heterocycles. The molecule has 122 valence electrons. The molecule has 1 aromatic heterocycles. The minimum absolute atomic E-state index is 0.119. The number of benzene rings is 3. The lowest BCUT2D eigenvalue weighted by molar-refractivity contribution is 0.457. The standard InChI is InChI=1S/C21H16N2O2/c24-21-19(18-8-4-5-9-20(18)23-21)14-22-15-10-12-17(13-11-15)25-16-6-2-1-3-7-16/h1-14,23-24H. The van der Waals surface area contributed by atoms with Gasteiger partial charge in [-0.25, -0.2) is 0 Å². The Hall–Kier alpha value is -3.53. The molecule has 4 aromatic rings. The van der Waals surface area contributed by atoms with Gasteiger partial charge in [0.1, 0.15) is 11.5 Å². The van der Waals surface area contributed by atoms with Crippen molar-refractivity contribution in [3.63, 3.8) is 0 Å². The molecule has 25 heavy (non-hydrogen) atoms. The van der Waals surface area contributed by atoms with Crippen LogP contribution < -0.4 is 4.74 Å². The molecule has 0 atom stereocenters. The third-order valence-electron chi connectivity index (χ3n) is 3.88. The summed E-state index contributed by atoms with van der Waals surface area (Å²) in [4.78, 5) is 7.39. The van der Waals surface area contributed by atoms with Crippen LogP contribution in [0.4, 0.5) is 5.69 Å². The summed E-state index contributed by atoms with van der Waals surface area (Å²) in [6.45, 7) is 0. The number of aliphatic imine (C=N–C) groups is 1. The highest BCUT2D eigenvalue weighted by Gasteiger charge is 2.07. The van der Waals surface area contributed by atoms with Gasteiger partial charge < -0.3 is 14.8 Å². The van der Waals surface area contributed by atoms with E-state index in [2.05, 4.69) is 9.98 Å². The second-order valence-electron chi connectivity index (χ2n) is 5.60. The molecule has 0 fully saturated rings. The van der Waals surface area contributed by atoms with E-state index >= 15 is 0 Å². The highest BCUT2D eigenvalue weighted by molar-refractivity contribution is 6.02. The molecule has 4 rings (SSSR count). The summed E-state index contributed by atoms with van der Waals surface area (Å²) in [5, 5.41) is 11.0. The van der Waals surface area contributed by atoms with E-state index in [1.54, 1.807) is 6.21 Å². The molecule has 4 heteroatoms. The number of aromatic amines is 1. The number of fused-ring (bicyclic) bond motifs is 1. The first kappa shape index (κ1) is 15.0. The van der Waals surface area contributed by atoms with Crippen molar-refractivity contribution in [2.45, 2.75) is 0 Å². The quantitative estimate of drug-likeness (QED) is 0.492. The highest BCUT2D eigenvalue weighted by Crippen LogP contribution is 2.27. The molecule has 0 spiro atoms. The van der Waals surface area contributed by atoms with Gasteiger partial charge in [-0.15, -0.1) is 0 Å². The van der Waals surface area contributed by atoms with Crippen molar-refractivity contribution in [3.8, 4) is 17.4 Å². The van der Waals surface area contributed by atoms with E-state index in [1.807, 2.05) is 78.9 Å². The molecule has 0 aliphatic carbocycles. The summed E-state index contributed by atoms with van der Waals surface area (Å²) in [7, 11) is 0. The number of rotatable bonds is 4. The van der Waals surface area contributed by atoms with E-state index in [0.29, 0.717) is 5.56 Å². The predicted octanol–water partition coefficient (Wildman–Crippen LogP) is 5.42. The normalized spacial score (nSPS) is 11.2. The number of H-pyrrole nitrogens is 1. The van der Waals surface area contributed by atoms with Crippen LogP contribution in [-0.4, -0.2) is 16.3 Å². The van der Waals surface area contributed by atoms with Crippen LogP contribution in [0.1, 0.15) is 5.56 Å². The maximum atomic E-state index is 10.1. The zero-order valence-electron chi connectivity index (χ0n) is 13.4. The van der Waals surface area contributed by atoms with Gasteiger partial charge >= 0.3 is 0 Å². The van der Waals surface area contributed by atoms with Crippen molar-refractivity contribution in [1.29, 1.82) is 0 Å². The van der Waals surface area contributed by atoms with Crippen molar-refractivity contribution in [2.75, 3.05) is 0 Å². The molecular formula is C21H16N2O2. The summed E-state index contributed by atoms with van der Waals surface area (Å²) in [5.74, 6) is 1.66. The maximum Gasteiger partial charge on any atom is 0.198 e. The van der Waals surface area contributed by atoms with Gasteiger partial charge in [0.15, 0.2) is 5.88 Å². The number of nitrogens with zero attached hydrogens (tertiary/aromatic N) is 1. The molecule has 0 unspecified atom stereocenters. The Morgan fingerprint density at radius 1 is 0.800 bits per heavy atom. The molecular weight excluding hydrogens is 312 g/mol. The van der Waals surface area contributed by atoms with Crippen LogP contribution in [0.25, 0.3) is 10.9 Å². The predicted molar refractivity (Wildman–Crippen MR) is 100 cm³/mol. The minimum Gasteiger partial charge on any atom is -0.494 e. The van der Waals surface area contributed by atoms with Gasteiger partial charge in [0.25, 0.3) is 0 Å². The van der Waals surface area contributed by atoms with Crippen LogP contribution in [0.15, 0.2) is 83.9 Å². The van der Waals surface area contributed by atoms with Gasteiger partial charge in [-0.1, -0.05) is 36.4 Å². The van der Waals surface area contributed by atoms with Crippen LogP contribution in [0, 0.1) is 0 Å². The summed E-state index contributed by atoms with van der Waals surface area (Å²) in [6.07, 6.45) is 1.67. The SMILES string of the molecule is Oc1[nH]c2ccccc2c1C=Nc1ccc(Oc2ccccc2)cc1. The van der Waals surface area contributed by atoms with E-state index in [-0.39, 0.29) is 5.88 Å². The second-order valence-corrected chi connectivity index (χ2v) is 5.60. The monoisotopic (exact) mass is 328 g/mol. The average molecular weight is 328 g/mol. The van der Waals surface area contributed by atoms with Crippen molar-refractivity contribution in [2.24, 2.45) is 4.99 Å². The average Bonchev–Trinajstić information content (AvgIpc) is 2.97. The first-order valence-corrected chi connectivity index (χ1v) is 7.96. The topological polar surface area (TPSA) is 57.6 Å². The zero-order valence-corrected chi connectivity index (χ0v) is 13.4. The van der Waals surface area contributed by atoms with Crippen LogP contribution in [0.2, 0.25) is 0 Å². The van der Waals surface area contributed by atoms with Crippen LogP contribution in [0.3, 0.4) is 0 Å². The number of hydrogen-bond donors (Lipinski definition) is 2. The lowest BCUT2D eigenvalue weighted by atomic mass is 10.2. The van der Waals surface area contributed by atoms with Crippen molar-refractivity contribution >= 4 is 22.8 Å². The molecule has 0 bridgehead atoms. The fourth-order valence-corrected chi connectivity index (χ4v) is 2.64. The van der Waals surface area contributed by atoms with Crippen molar-refractivity contribution in [1.82, 2.24) is 4.98 Å². The molecule has 4 nitrogen and oxygen atoms in total. The number of aromatic nitrogens is 1. The Balaban J connectivity index is 1.54. The van der Waals surface area contributed by atoms with Crippen molar-refractivity contribution in [3.05, 3.63) is 84.4 Å². The third kappa shape index (κ3) is 3.23. The molecule has 0 saturated carbocycles. The van der Waals surface area contributed by atoms with Crippen LogP contribution in [0.5, 0.6) is 17.4 Å². The smallest absolute Gasteiger partial charge is 0.198 e. The minimum atomic E-state index is 0.119. The molecule has 0 aliphatic rings. The van der Waals surface area contributed by atoms with E-state index in [9.17, 15) is 5.11 Å². The zero-order chi connectivity index (χ0) is 17.1. The summed E-state index contributed by atoms with van der Waals surface area (Å²) in [5.41, 5.74) is 2.35. The lowest BCUT2D eigenvalue weighted by Crippen LogP contribution is -1.83. The fraction of sp³-hybridized carbons (Fsp3) is 0. The van der Waals surface area contributed by atoms with E-state index in [0.717, 1.165) is 28.1 Å². The Morgan fingerprint density at radius 3 is 2.28 bits per heavy atom. The number of hydrogen-bond acceptors (Lipinski definition) is 3. The summed E-state index contributed by atoms with van der Waals surface area (Å²) in [6, 6.07) is 24.8.